The maximum atomic E-state index is 10.8. The summed E-state index contributed by atoms with van der Waals surface area (Å²) < 4.78 is 0. The number of nitrogens with one attached hydrogen (secondary N) is 2. The van der Waals surface area contributed by atoms with E-state index in [2.05, 4.69) is 0 Å². The summed E-state index contributed by atoms with van der Waals surface area (Å²) in [7, 11) is 0. The Bertz CT molecular complexity index is 206. The van der Waals surface area contributed by atoms with Gasteiger partial charge in [0, 0.05) is 12.8 Å². The monoisotopic (exact) mass is 206 g/mol. The zero-order valence-corrected chi connectivity index (χ0v) is 7.55. The fraction of sp³-hybridized carbons (Fsp3) is 0.571. The molecule has 7 heteroatoms. The lowest BCUT2D eigenvalue weighted by Crippen LogP contribution is -2.41. The quantitative estimate of drug-likeness (QED) is 0.486. The highest BCUT2D eigenvalue weighted by molar-refractivity contribution is 6.02. The van der Waals surface area contributed by atoms with E-state index in [-0.39, 0.29) is 22.8 Å². The Hall–Kier alpha value is -1.47. The van der Waals surface area contributed by atoms with Crippen molar-refractivity contribution in [1.29, 1.82) is 0 Å². The smallest absolute Gasteiger partial charge is 0.328 e. The minimum Gasteiger partial charge on any atom is -0.412 e. The summed E-state index contributed by atoms with van der Waals surface area (Å²) in [5.74, 6) is -0.663. The van der Waals surface area contributed by atoms with E-state index < -0.39 is 6.03 Å². The maximum Gasteiger partial charge on any atom is 0.328 e. The first kappa shape index (κ1) is 15.0. The van der Waals surface area contributed by atoms with Crippen LogP contribution in [0.25, 0.3) is 0 Å². The first-order valence-corrected chi connectivity index (χ1v) is 3.82. The van der Waals surface area contributed by atoms with E-state index in [9.17, 15) is 14.4 Å². The lowest BCUT2D eigenvalue weighted by molar-refractivity contribution is -0.120. The van der Waals surface area contributed by atoms with Gasteiger partial charge in [0.2, 0.25) is 11.8 Å². The number of amides is 4. The molecule has 1 saturated heterocycles. The number of rotatable bonds is 0. The average molecular weight is 206 g/mol. The molecule has 0 aromatic carbocycles. The molecule has 0 spiro atoms. The zero-order valence-electron chi connectivity index (χ0n) is 7.55. The van der Waals surface area contributed by atoms with E-state index in [4.69, 9.17) is 0 Å². The van der Waals surface area contributed by atoms with E-state index >= 15 is 0 Å². The van der Waals surface area contributed by atoms with Crippen molar-refractivity contribution in [2.75, 3.05) is 0 Å². The van der Waals surface area contributed by atoms with Crippen molar-refractivity contribution in [1.82, 2.24) is 10.6 Å². The van der Waals surface area contributed by atoms with Gasteiger partial charge in [-0.15, -0.1) is 0 Å². The standard InChI is InChI=1S/C7H10N2O3.2H2O/c10-5-3-1-2-4-6(11)9-7(12)8-5;;/h1-4H2,(H2,8,9,10,11,12);2*1H2. The van der Waals surface area contributed by atoms with Gasteiger partial charge in [-0.1, -0.05) is 0 Å². The summed E-state index contributed by atoms with van der Waals surface area (Å²) in [6.45, 7) is 0. The van der Waals surface area contributed by atoms with E-state index in [1.165, 1.54) is 0 Å². The first-order valence-electron chi connectivity index (χ1n) is 3.82. The molecule has 0 aromatic heterocycles. The summed E-state index contributed by atoms with van der Waals surface area (Å²) in [6, 6.07) is -0.716. The van der Waals surface area contributed by atoms with E-state index in [1.54, 1.807) is 0 Å². The summed E-state index contributed by atoms with van der Waals surface area (Å²) in [5, 5.41) is 4.08. The van der Waals surface area contributed by atoms with Gasteiger partial charge in [-0.05, 0) is 12.8 Å². The van der Waals surface area contributed by atoms with Gasteiger partial charge >= 0.3 is 6.03 Å². The molecule has 0 unspecified atom stereocenters. The van der Waals surface area contributed by atoms with E-state index in [1.807, 2.05) is 10.6 Å². The molecule has 0 aliphatic carbocycles. The molecular weight excluding hydrogens is 192 g/mol. The summed E-state index contributed by atoms with van der Waals surface area (Å²) >= 11 is 0. The SMILES string of the molecule is O.O.O=C1CCCCC(=O)NC(=O)N1. The molecule has 82 valence electrons. The van der Waals surface area contributed by atoms with Gasteiger partial charge in [-0.3, -0.25) is 20.2 Å². The molecule has 7 nitrogen and oxygen atoms in total. The van der Waals surface area contributed by atoms with Gasteiger partial charge in [-0.25, -0.2) is 4.79 Å². The van der Waals surface area contributed by atoms with Crippen LogP contribution >= 0.6 is 0 Å². The fourth-order valence-corrected chi connectivity index (χ4v) is 0.981. The van der Waals surface area contributed by atoms with Gasteiger partial charge < -0.3 is 11.0 Å². The van der Waals surface area contributed by atoms with Crippen LogP contribution in [0.3, 0.4) is 0 Å². The molecule has 14 heavy (non-hydrogen) atoms. The third kappa shape index (κ3) is 5.22. The van der Waals surface area contributed by atoms with Crippen molar-refractivity contribution in [2.24, 2.45) is 0 Å². The van der Waals surface area contributed by atoms with Gasteiger partial charge in [-0.2, -0.15) is 0 Å². The van der Waals surface area contributed by atoms with Crippen LogP contribution in [0.2, 0.25) is 0 Å². The third-order valence-electron chi connectivity index (χ3n) is 1.56. The van der Waals surface area contributed by atoms with Gasteiger partial charge in [0.25, 0.3) is 0 Å². The minimum atomic E-state index is -0.716. The fourth-order valence-electron chi connectivity index (χ4n) is 0.981. The number of hydrogen-bond acceptors (Lipinski definition) is 3. The lowest BCUT2D eigenvalue weighted by atomic mass is 10.2. The first-order chi connectivity index (χ1) is 5.68. The highest BCUT2D eigenvalue weighted by atomic mass is 16.2. The lowest BCUT2D eigenvalue weighted by Gasteiger charge is -2.00. The van der Waals surface area contributed by atoms with Crippen molar-refractivity contribution in [3.63, 3.8) is 0 Å². The Labute approximate surface area is 80.5 Å². The number of carbonyl (C=O) groups is 3. The van der Waals surface area contributed by atoms with E-state index in [0.717, 1.165) is 0 Å². The van der Waals surface area contributed by atoms with Crippen LogP contribution < -0.4 is 10.6 Å². The molecule has 0 saturated carbocycles. The van der Waals surface area contributed by atoms with Crippen LogP contribution in [0.1, 0.15) is 25.7 Å². The van der Waals surface area contributed by atoms with Crippen molar-refractivity contribution in [3.05, 3.63) is 0 Å². The molecule has 0 radical (unpaired) electrons. The normalized spacial score (nSPS) is 17.3. The van der Waals surface area contributed by atoms with Crippen molar-refractivity contribution < 1.29 is 25.3 Å². The minimum absolute atomic E-state index is 0. The van der Waals surface area contributed by atoms with Crippen molar-refractivity contribution in [2.45, 2.75) is 25.7 Å². The van der Waals surface area contributed by atoms with Crippen LogP contribution in [0.15, 0.2) is 0 Å². The van der Waals surface area contributed by atoms with Crippen LogP contribution in [-0.4, -0.2) is 28.8 Å². The van der Waals surface area contributed by atoms with Crippen molar-refractivity contribution >= 4 is 17.8 Å². The average Bonchev–Trinajstić information content (AvgIpc) is 2.01. The van der Waals surface area contributed by atoms with Crippen LogP contribution in [0, 0.1) is 0 Å². The number of hydrogen-bond donors (Lipinski definition) is 2. The number of urea groups is 1. The molecule has 1 fully saturated rings. The Morgan fingerprint density at radius 2 is 1.14 bits per heavy atom. The Balaban J connectivity index is 0. The topological polar surface area (TPSA) is 138 Å². The van der Waals surface area contributed by atoms with Crippen molar-refractivity contribution in [3.8, 4) is 0 Å². The molecule has 0 aromatic rings. The van der Waals surface area contributed by atoms with Gasteiger partial charge in [0.1, 0.15) is 0 Å². The molecule has 1 heterocycles. The molecule has 0 bridgehead atoms. The third-order valence-corrected chi connectivity index (χ3v) is 1.56. The second-order valence-electron chi connectivity index (χ2n) is 2.63. The molecule has 0 atom stereocenters. The van der Waals surface area contributed by atoms with Gasteiger partial charge in [0.15, 0.2) is 0 Å². The zero-order chi connectivity index (χ0) is 8.97. The molecule has 1 aliphatic rings. The predicted molar refractivity (Wildman–Crippen MR) is 47.4 cm³/mol. The summed E-state index contributed by atoms with van der Waals surface area (Å²) in [4.78, 5) is 32.4. The second-order valence-corrected chi connectivity index (χ2v) is 2.63. The van der Waals surface area contributed by atoms with Gasteiger partial charge in [0.05, 0.1) is 0 Å². The Kier molecular flexibility index (Phi) is 7.49. The van der Waals surface area contributed by atoms with Crippen LogP contribution in [0.4, 0.5) is 4.79 Å². The van der Waals surface area contributed by atoms with E-state index in [0.29, 0.717) is 25.7 Å². The van der Waals surface area contributed by atoms with Crippen LogP contribution in [0.5, 0.6) is 0 Å². The number of imide groups is 2. The largest absolute Gasteiger partial charge is 0.412 e. The predicted octanol–water partition coefficient (Wildman–Crippen LogP) is -1.74. The Morgan fingerprint density at radius 3 is 1.50 bits per heavy atom. The number of carbonyl (C=O) groups excluding carboxylic acids is 3. The Morgan fingerprint density at radius 1 is 0.786 bits per heavy atom. The summed E-state index contributed by atoms with van der Waals surface area (Å²) in [6.07, 6.45) is 1.90. The summed E-state index contributed by atoms with van der Waals surface area (Å²) in [5.41, 5.74) is 0. The molecule has 6 N–H and O–H groups in total. The molecule has 1 rings (SSSR count). The molecule has 1 aliphatic heterocycles. The molecular formula is C7H14N2O5. The van der Waals surface area contributed by atoms with Crippen LogP contribution in [-0.2, 0) is 9.59 Å². The highest BCUT2D eigenvalue weighted by Crippen LogP contribution is 2.01. The highest BCUT2D eigenvalue weighted by Gasteiger charge is 2.13. The second kappa shape index (κ2) is 6.98. The molecule has 4 amide bonds. The maximum absolute atomic E-state index is 10.8.